The summed E-state index contributed by atoms with van der Waals surface area (Å²) in [5, 5.41) is 3.58. The normalized spacial score (nSPS) is 15.2. The van der Waals surface area contributed by atoms with E-state index in [-0.39, 0.29) is 0 Å². The molecule has 1 aliphatic carbocycles. The first kappa shape index (κ1) is 17.9. The Hall–Kier alpha value is -0.160. The number of nitrogens with one attached hydrogen (secondary N) is 1. The van der Waals surface area contributed by atoms with Crippen LogP contribution in [0.3, 0.4) is 0 Å². The highest BCUT2D eigenvalue weighted by molar-refractivity contribution is 4.80. The lowest BCUT2D eigenvalue weighted by atomic mass is 10.2. The van der Waals surface area contributed by atoms with E-state index in [0.29, 0.717) is 0 Å². The summed E-state index contributed by atoms with van der Waals surface area (Å²) in [6.07, 6.45) is 9.26. The van der Waals surface area contributed by atoms with Crippen LogP contribution in [0.1, 0.15) is 44.9 Å². The predicted molar refractivity (Wildman–Crippen MR) is 84.3 cm³/mol. The van der Waals surface area contributed by atoms with Crippen molar-refractivity contribution in [1.82, 2.24) is 10.2 Å². The van der Waals surface area contributed by atoms with Gasteiger partial charge in [0.1, 0.15) is 0 Å². The second-order valence-corrected chi connectivity index (χ2v) is 5.82. The first-order valence-electron chi connectivity index (χ1n) is 8.30. The van der Waals surface area contributed by atoms with Gasteiger partial charge in [0.15, 0.2) is 0 Å². The van der Waals surface area contributed by atoms with Crippen molar-refractivity contribution in [2.24, 2.45) is 0 Å². The van der Waals surface area contributed by atoms with Gasteiger partial charge in [0.05, 0.1) is 6.61 Å². The van der Waals surface area contributed by atoms with Crippen LogP contribution in [0.25, 0.3) is 0 Å². The van der Waals surface area contributed by atoms with E-state index < -0.39 is 0 Å². The van der Waals surface area contributed by atoms with Crippen molar-refractivity contribution in [1.29, 1.82) is 0 Å². The number of nitrogens with zero attached hydrogens (tertiary/aromatic N) is 1. The molecule has 0 amide bonds. The molecule has 1 rings (SSSR count). The van der Waals surface area contributed by atoms with E-state index in [1.54, 1.807) is 14.2 Å². The minimum Gasteiger partial charge on any atom is -0.385 e. The van der Waals surface area contributed by atoms with E-state index in [1.165, 1.54) is 51.6 Å². The molecule has 1 saturated carbocycles. The Kier molecular flexibility index (Phi) is 11.2. The zero-order valence-corrected chi connectivity index (χ0v) is 13.5. The molecule has 20 heavy (non-hydrogen) atoms. The quantitative estimate of drug-likeness (QED) is 0.468. The number of hydrogen-bond acceptors (Lipinski definition) is 4. The van der Waals surface area contributed by atoms with Gasteiger partial charge in [0, 0.05) is 40.0 Å². The molecule has 1 aliphatic rings. The lowest BCUT2D eigenvalue weighted by molar-refractivity contribution is 0.131. The third kappa shape index (κ3) is 10.6. The molecule has 1 fully saturated rings. The van der Waals surface area contributed by atoms with E-state index in [4.69, 9.17) is 9.47 Å². The Labute approximate surface area is 125 Å². The first-order valence-corrected chi connectivity index (χ1v) is 8.30. The number of unbranched alkanes of at least 4 members (excludes halogenated alkanes) is 3. The zero-order valence-electron chi connectivity index (χ0n) is 13.5. The van der Waals surface area contributed by atoms with E-state index in [2.05, 4.69) is 10.2 Å². The highest BCUT2D eigenvalue weighted by Gasteiger charge is 2.19. The van der Waals surface area contributed by atoms with Crippen LogP contribution >= 0.6 is 0 Å². The van der Waals surface area contributed by atoms with Crippen molar-refractivity contribution >= 4 is 0 Å². The van der Waals surface area contributed by atoms with Crippen molar-refractivity contribution in [3.05, 3.63) is 0 Å². The summed E-state index contributed by atoms with van der Waals surface area (Å²) in [5.41, 5.74) is 0. The topological polar surface area (TPSA) is 33.7 Å². The van der Waals surface area contributed by atoms with Crippen molar-refractivity contribution in [3.63, 3.8) is 0 Å². The fraction of sp³-hybridized carbons (Fsp3) is 1.00. The van der Waals surface area contributed by atoms with Crippen LogP contribution in [-0.2, 0) is 9.47 Å². The lowest BCUT2D eigenvalue weighted by Crippen LogP contribution is -2.30. The molecule has 0 radical (unpaired) electrons. The molecule has 1 N–H and O–H groups in total. The maximum Gasteiger partial charge on any atom is 0.0589 e. The van der Waals surface area contributed by atoms with E-state index in [1.807, 2.05) is 0 Å². The van der Waals surface area contributed by atoms with Crippen LogP contribution in [0.4, 0.5) is 0 Å². The van der Waals surface area contributed by atoms with Crippen LogP contribution in [0, 0.1) is 0 Å². The SMILES string of the molecule is COCCCN(CCCCCCNC1CC1)CCOC. The Morgan fingerprint density at radius 3 is 2.25 bits per heavy atom. The van der Waals surface area contributed by atoms with Gasteiger partial charge in [0.2, 0.25) is 0 Å². The van der Waals surface area contributed by atoms with Crippen LogP contribution in [-0.4, -0.2) is 64.6 Å². The highest BCUT2D eigenvalue weighted by Crippen LogP contribution is 2.18. The van der Waals surface area contributed by atoms with Crippen molar-refractivity contribution in [2.45, 2.75) is 51.0 Å². The Bertz CT molecular complexity index is 211. The summed E-state index contributed by atoms with van der Waals surface area (Å²) in [6.45, 7) is 6.27. The molecule has 120 valence electrons. The first-order chi connectivity index (χ1) is 9.86. The van der Waals surface area contributed by atoms with Gasteiger partial charge in [-0.05, 0) is 45.2 Å². The maximum absolute atomic E-state index is 5.19. The lowest BCUT2D eigenvalue weighted by Gasteiger charge is -2.21. The largest absolute Gasteiger partial charge is 0.385 e. The van der Waals surface area contributed by atoms with Crippen LogP contribution in [0.15, 0.2) is 0 Å². The molecule has 0 aromatic carbocycles. The Balaban J connectivity index is 1.91. The number of hydrogen-bond donors (Lipinski definition) is 1. The van der Waals surface area contributed by atoms with E-state index in [0.717, 1.165) is 38.8 Å². The van der Waals surface area contributed by atoms with Gasteiger partial charge in [0.25, 0.3) is 0 Å². The van der Waals surface area contributed by atoms with Crippen molar-refractivity contribution in [2.75, 3.05) is 53.6 Å². The molecule has 4 heteroatoms. The highest BCUT2D eigenvalue weighted by atomic mass is 16.5. The minimum atomic E-state index is 0.832. The smallest absolute Gasteiger partial charge is 0.0589 e. The fourth-order valence-electron chi connectivity index (χ4n) is 2.40. The van der Waals surface area contributed by atoms with Crippen LogP contribution in [0.2, 0.25) is 0 Å². The van der Waals surface area contributed by atoms with Crippen LogP contribution < -0.4 is 5.32 Å². The Morgan fingerprint density at radius 2 is 1.55 bits per heavy atom. The maximum atomic E-state index is 5.19. The van der Waals surface area contributed by atoms with Gasteiger partial charge in [-0.25, -0.2) is 0 Å². The molecular weight excluding hydrogens is 252 g/mol. The number of rotatable bonds is 15. The minimum absolute atomic E-state index is 0.832. The second-order valence-electron chi connectivity index (χ2n) is 5.82. The molecule has 0 heterocycles. The van der Waals surface area contributed by atoms with Gasteiger partial charge in [-0.3, -0.25) is 0 Å². The standard InChI is InChI=1S/C16H34N2O2/c1-19-14-7-12-18(13-15-20-2)11-6-4-3-5-10-17-16-8-9-16/h16-17H,3-15H2,1-2H3. The third-order valence-corrected chi connectivity index (χ3v) is 3.85. The number of ether oxygens (including phenoxy) is 2. The summed E-state index contributed by atoms with van der Waals surface area (Å²) in [4.78, 5) is 2.50. The molecule has 0 aromatic rings. The molecule has 0 unspecified atom stereocenters. The van der Waals surface area contributed by atoms with Crippen LogP contribution in [0.5, 0.6) is 0 Å². The Morgan fingerprint density at radius 1 is 0.850 bits per heavy atom. The van der Waals surface area contributed by atoms with Gasteiger partial charge in [-0.15, -0.1) is 0 Å². The van der Waals surface area contributed by atoms with Gasteiger partial charge >= 0.3 is 0 Å². The summed E-state index contributed by atoms with van der Waals surface area (Å²) < 4.78 is 10.3. The molecule has 0 saturated heterocycles. The van der Waals surface area contributed by atoms with E-state index in [9.17, 15) is 0 Å². The molecule has 0 aliphatic heterocycles. The fourth-order valence-corrected chi connectivity index (χ4v) is 2.40. The van der Waals surface area contributed by atoms with Crippen molar-refractivity contribution < 1.29 is 9.47 Å². The van der Waals surface area contributed by atoms with E-state index >= 15 is 0 Å². The summed E-state index contributed by atoms with van der Waals surface area (Å²) >= 11 is 0. The second kappa shape index (κ2) is 12.6. The molecular formula is C16H34N2O2. The molecule has 0 bridgehead atoms. The van der Waals surface area contributed by atoms with Gasteiger partial charge < -0.3 is 19.7 Å². The molecule has 0 aromatic heterocycles. The van der Waals surface area contributed by atoms with Gasteiger partial charge in [-0.1, -0.05) is 12.8 Å². The average Bonchev–Trinajstić information content (AvgIpc) is 3.27. The number of methoxy groups -OCH3 is 2. The summed E-state index contributed by atoms with van der Waals surface area (Å²) in [6, 6.07) is 0.861. The third-order valence-electron chi connectivity index (χ3n) is 3.85. The monoisotopic (exact) mass is 286 g/mol. The average molecular weight is 286 g/mol. The molecule has 0 atom stereocenters. The summed E-state index contributed by atoms with van der Waals surface area (Å²) in [7, 11) is 3.55. The van der Waals surface area contributed by atoms with Crippen molar-refractivity contribution in [3.8, 4) is 0 Å². The molecule has 0 spiro atoms. The predicted octanol–water partition coefficient (Wildman–Crippen LogP) is 2.28. The molecule has 4 nitrogen and oxygen atoms in total. The summed E-state index contributed by atoms with van der Waals surface area (Å²) in [5.74, 6) is 0. The zero-order chi connectivity index (χ0) is 14.5. The van der Waals surface area contributed by atoms with Gasteiger partial charge in [-0.2, -0.15) is 0 Å².